The molecule has 0 unspecified atom stereocenters. The average Bonchev–Trinajstić information content (AvgIpc) is 2.30. The molecule has 0 radical (unpaired) electrons. The van der Waals surface area contributed by atoms with Gasteiger partial charge in [0.25, 0.3) is 5.56 Å². The van der Waals surface area contributed by atoms with Crippen LogP contribution in [0.25, 0.3) is 5.69 Å². The number of nitrogens with zero attached hydrogens (tertiary/aromatic N) is 2. The van der Waals surface area contributed by atoms with Crippen LogP contribution in [-0.2, 0) is 0 Å². The zero-order valence-electron chi connectivity index (χ0n) is 7.92. The zero-order chi connectivity index (χ0) is 10.7. The number of rotatable bonds is 2. The second kappa shape index (κ2) is 3.93. The second-order valence-electron chi connectivity index (χ2n) is 2.97. The summed E-state index contributed by atoms with van der Waals surface area (Å²) in [6.45, 7) is 0. The number of para-hydroxylation sites is 1. The fraction of sp³-hybridized carbons (Fsp3) is 0. The van der Waals surface area contributed by atoms with Crippen molar-refractivity contribution in [2.75, 3.05) is 5.43 Å². The number of hydrogen-bond donors (Lipinski definition) is 2. The molecule has 76 valence electrons. The Morgan fingerprint density at radius 1 is 1.27 bits per heavy atom. The third-order valence-electron chi connectivity index (χ3n) is 1.97. The molecule has 5 heteroatoms. The molecule has 0 atom stereocenters. The maximum absolute atomic E-state index is 11.6. The largest absolute Gasteiger partial charge is 0.322 e. The lowest BCUT2D eigenvalue weighted by Crippen LogP contribution is -2.21. The van der Waals surface area contributed by atoms with Crippen LogP contribution < -0.4 is 16.8 Å². The first kappa shape index (κ1) is 9.42. The summed E-state index contributed by atoms with van der Waals surface area (Å²) >= 11 is 0. The van der Waals surface area contributed by atoms with Gasteiger partial charge in [-0.15, -0.1) is 0 Å². The maximum Gasteiger partial charge on any atom is 0.273 e. The van der Waals surface area contributed by atoms with Gasteiger partial charge in [-0.1, -0.05) is 18.2 Å². The van der Waals surface area contributed by atoms with Gasteiger partial charge >= 0.3 is 0 Å². The summed E-state index contributed by atoms with van der Waals surface area (Å²) < 4.78 is 1.31. The first-order chi connectivity index (χ1) is 7.31. The minimum Gasteiger partial charge on any atom is -0.322 e. The van der Waals surface area contributed by atoms with Gasteiger partial charge in [0.15, 0.2) is 0 Å². The van der Waals surface area contributed by atoms with Gasteiger partial charge in [0.1, 0.15) is 0 Å². The molecule has 1 heterocycles. The summed E-state index contributed by atoms with van der Waals surface area (Å²) in [6.07, 6.45) is 1.49. The van der Waals surface area contributed by atoms with Crippen LogP contribution in [0.2, 0.25) is 0 Å². The number of nitrogens with two attached hydrogens (primary N) is 1. The van der Waals surface area contributed by atoms with E-state index >= 15 is 0 Å². The van der Waals surface area contributed by atoms with Crippen molar-refractivity contribution < 1.29 is 0 Å². The number of nitrogen functional groups attached to an aromatic ring is 1. The quantitative estimate of drug-likeness (QED) is 0.550. The smallest absolute Gasteiger partial charge is 0.273 e. The fourth-order valence-electron chi connectivity index (χ4n) is 1.25. The van der Waals surface area contributed by atoms with Crippen molar-refractivity contribution >= 4 is 5.69 Å². The molecule has 15 heavy (non-hydrogen) atoms. The van der Waals surface area contributed by atoms with E-state index in [1.165, 1.54) is 16.9 Å². The van der Waals surface area contributed by atoms with E-state index in [1.807, 2.05) is 30.3 Å². The van der Waals surface area contributed by atoms with Crippen molar-refractivity contribution in [1.29, 1.82) is 0 Å². The van der Waals surface area contributed by atoms with Crippen molar-refractivity contribution in [1.82, 2.24) is 9.78 Å². The van der Waals surface area contributed by atoms with E-state index in [9.17, 15) is 4.79 Å². The van der Waals surface area contributed by atoms with Crippen LogP contribution in [0, 0.1) is 0 Å². The molecular formula is C10H10N4O. The van der Waals surface area contributed by atoms with E-state index in [2.05, 4.69) is 10.5 Å². The highest BCUT2D eigenvalue weighted by molar-refractivity contribution is 5.39. The van der Waals surface area contributed by atoms with Gasteiger partial charge in [-0.05, 0) is 12.1 Å². The Morgan fingerprint density at radius 3 is 2.60 bits per heavy atom. The Kier molecular flexibility index (Phi) is 2.47. The molecule has 1 aromatic carbocycles. The average molecular weight is 202 g/mol. The topological polar surface area (TPSA) is 72.9 Å². The van der Waals surface area contributed by atoms with Gasteiger partial charge in [-0.2, -0.15) is 9.78 Å². The number of aromatic nitrogens is 2. The lowest BCUT2D eigenvalue weighted by Gasteiger charge is -2.04. The molecular weight excluding hydrogens is 192 g/mol. The van der Waals surface area contributed by atoms with Gasteiger partial charge in [-0.25, -0.2) is 0 Å². The molecule has 2 rings (SSSR count). The van der Waals surface area contributed by atoms with Crippen molar-refractivity contribution in [2.45, 2.75) is 0 Å². The van der Waals surface area contributed by atoms with Crippen molar-refractivity contribution in [2.24, 2.45) is 5.84 Å². The van der Waals surface area contributed by atoms with Crippen LogP contribution in [-0.4, -0.2) is 9.78 Å². The Balaban J connectivity index is 2.51. The van der Waals surface area contributed by atoms with Gasteiger partial charge in [-0.3, -0.25) is 10.6 Å². The van der Waals surface area contributed by atoms with Crippen LogP contribution in [0.5, 0.6) is 0 Å². The number of hydrogen-bond acceptors (Lipinski definition) is 4. The predicted molar refractivity (Wildman–Crippen MR) is 57.6 cm³/mol. The molecule has 3 N–H and O–H groups in total. The van der Waals surface area contributed by atoms with Crippen molar-refractivity contribution in [3.05, 3.63) is 52.9 Å². The molecule has 0 bridgehead atoms. The maximum atomic E-state index is 11.6. The molecule has 5 nitrogen and oxygen atoms in total. The summed E-state index contributed by atoms with van der Waals surface area (Å²) in [4.78, 5) is 11.6. The number of hydrazine groups is 1. The van der Waals surface area contributed by atoms with Gasteiger partial charge in [0.2, 0.25) is 0 Å². The van der Waals surface area contributed by atoms with E-state index in [4.69, 9.17) is 5.84 Å². The molecule has 1 aromatic heterocycles. The second-order valence-corrected chi connectivity index (χ2v) is 2.97. The number of anilines is 1. The van der Waals surface area contributed by atoms with Crippen LogP contribution >= 0.6 is 0 Å². The number of benzene rings is 1. The highest BCUT2D eigenvalue weighted by atomic mass is 16.1. The van der Waals surface area contributed by atoms with Crippen molar-refractivity contribution in [3.63, 3.8) is 0 Å². The standard InChI is InChI=1S/C10H10N4O/c11-13-8-6-10(15)14(12-7-8)9-4-2-1-3-5-9/h1-7,13H,11H2. The van der Waals surface area contributed by atoms with E-state index in [1.54, 1.807) is 0 Å². The lowest BCUT2D eigenvalue weighted by molar-refractivity contribution is 0.807. The summed E-state index contributed by atoms with van der Waals surface area (Å²) in [7, 11) is 0. The van der Waals surface area contributed by atoms with E-state index < -0.39 is 0 Å². The van der Waals surface area contributed by atoms with Gasteiger partial charge in [0.05, 0.1) is 17.6 Å². The third kappa shape index (κ3) is 1.87. The Morgan fingerprint density at radius 2 is 2.00 bits per heavy atom. The molecule has 0 aliphatic rings. The molecule has 0 spiro atoms. The molecule has 0 amide bonds. The summed E-state index contributed by atoms with van der Waals surface area (Å²) in [5, 5.41) is 3.98. The monoisotopic (exact) mass is 202 g/mol. The molecule has 0 saturated heterocycles. The van der Waals surface area contributed by atoms with E-state index in [0.29, 0.717) is 5.69 Å². The third-order valence-corrected chi connectivity index (χ3v) is 1.97. The Bertz CT molecular complexity index is 506. The van der Waals surface area contributed by atoms with E-state index in [0.717, 1.165) is 5.69 Å². The normalized spacial score (nSPS) is 9.93. The fourth-order valence-corrected chi connectivity index (χ4v) is 1.25. The molecule has 0 aliphatic carbocycles. The van der Waals surface area contributed by atoms with Crippen LogP contribution in [0.15, 0.2) is 47.4 Å². The Labute approximate surface area is 86.1 Å². The predicted octanol–water partition coefficient (Wildman–Crippen LogP) is 0.518. The van der Waals surface area contributed by atoms with Gasteiger partial charge in [0, 0.05) is 6.07 Å². The van der Waals surface area contributed by atoms with Gasteiger partial charge < -0.3 is 5.43 Å². The lowest BCUT2D eigenvalue weighted by atomic mass is 10.3. The molecule has 0 fully saturated rings. The first-order valence-electron chi connectivity index (χ1n) is 4.42. The minimum atomic E-state index is -0.225. The molecule has 0 saturated carbocycles. The minimum absolute atomic E-state index is 0.225. The summed E-state index contributed by atoms with van der Waals surface area (Å²) in [5.74, 6) is 5.17. The van der Waals surface area contributed by atoms with Crippen LogP contribution in [0.4, 0.5) is 5.69 Å². The Hall–Kier alpha value is -2.14. The van der Waals surface area contributed by atoms with Crippen molar-refractivity contribution in [3.8, 4) is 5.69 Å². The molecule has 0 aliphatic heterocycles. The summed E-state index contributed by atoms with van der Waals surface area (Å²) in [5.41, 5.74) is 3.37. The zero-order valence-corrected chi connectivity index (χ0v) is 7.92. The van der Waals surface area contributed by atoms with E-state index in [-0.39, 0.29) is 5.56 Å². The molecule has 2 aromatic rings. The summed E-state index contributed by atoms with van der Waals surface area (Å²) in [6, 6.07) is 10.6. The first-order valence-corrected chi connectivity index (χ1v) is 4.42. The number of nitrogens with one attached hydrogen (secondary N) is 1. The van der Waals surface area contributed by atoms with Crippen LogP contribution in [0.1, 0.15) is 0 Å². The highest BCUT2D eigenvalue weighted by Crippen LogP contribution is 2.03. The van der Waals surface area contributed by atoms with Crippen LogP contribution in [0.3, 0.4) is 0 Å². The highest BCUT2D eigenvalue weighted by Gasteiger charge is 2.00. The SMILES string of the molecule is NNc1cnn(-c2ccccc2)c(=O)c1.